The van der Waals surface area contributed by atoms with E-state index >= 15 is 0 Å². The molecule has 4 heteroatoms. The van der Waals surface area contributed by atoms with Gasteiger partial charge < -0.3 is 9.47 Å². The molecule has 2 aromatic rings. The first-order valence-corrected chi connectivity index (χ1v) is 8.55. The summed E-state index contributed by atoms with van der Waals surface area (Å²) in [6.07, 6.45) is -0.193. The van der Waals surface area contributed by atoms with E-state index in [0.717, 1.165) is 11.1 Å². The summed E-state index contributed by atoms with van der Waals surface area (Å²) in [5.74, 6) is -0.658. The van der Waals surface area contributed by atoms with Crippen molar-refractivity contribution in [3.8, 4) is 6.07 Å². The van der Waals surface area contributed by atoms with Gasteiger partial charge in [-0.1, -0.05) is 60.7 Å². The van der Waals surface area contributed by atoms with Crippen molar-refractivity contribution in [3.05, 3.63) is 71.8 Å². The maximum Gasteiger partial charge on any atom is 0.163 e. The molecule has 1 aliphatic rings. The molecular formula is C21H24N2O2. The minimum absolute atomic E-state index is 0.139. The van der Waals surface area contributed by atoms with Crippen molar-refractivity contribution < 1.29 is 9.47 Å². The zero-order chi connectivity index (χ0) is 17.9. The minimum Gasteiger partial charge on any atom is -0.349 e. The normalized spacial score (nSPS) is 24.9. The van der Waals surface area contributed by atoms with E-state index in [1.54, 1.807) is 0 Å². The summed E-state index contributed by atoms with van der Waals surface area (Å²) in [4.78, 5) is 0. The van der Waals surface area contributed by atoms with E-state index < -0.39 is 11.3 Å². The Labute approximate surface area is 149 Å². The van der Waals surface area contributed by atoms with Crippen LogP contribution >= 0.6 is 0 Å². The van der Waals surface area contributed by atoms with Crippen LogP contribution in [-0.2, 0) is 15.0 Å². The maximum absolute atomic E-state index is 9.83. The van der Waals surface area contributed by atoms with Crippen LogP contribution in [0.25, 0.3) is 0 Å². The summed E-state index contributed by atoms with van der Waals surface area (Å²) in [5.41, 5.74) is 1.17. The standard InChI is InChI=1S/C21H24N2O2/c1-20(2)24-14-18(19(25-20)16-10-6-4-7-11-16)23-21(3,15-22)17-12-8-5-9-13-17/h4-13,18-19,23H,14H2,1-3H3/t18-,19-,21-/m0/s1. The van der Waals surface area contributed by atoms with Gasteiger partial charge in [0.05, 0.1) is 18.7 Å². The molecule has 3 atom stereocenters. The van der Waals surface area contributed by atoms with Gasteiger partial charge in [0.1, 0.15) is 11.6 Å². The van der Waals surface area contributed by atoms with Crippen molar-refractivity contribution in [2.75, 3.05) is 6.61 Å². The first kappa shape index (κ1) is 17.6. The van der Waals surface area contributed by atoms with Crippen LogP contribution < -0.4 is 5.32 Å². The second-order valence-corrected chi connectivity index (χ2v) is 7.01. The number of hydrogen-bond donors (Lipinski definition) is 1. The number of nitriles is 1. The SMILES string of the molecule is CC1(C)OC[C@H](N[C@@](C)(C#N)c2ccccc2)[C@H](c2ccccc2)O1. The van der Waals surface area contributed by atoms with E-state index in [4.69, 9.17) is 9.47 Å². The molecule has 1 aliphatic heterocycles. The van der Waals surface area contributed by atoms with E-state index in [0.29, 0.717) is 6.61 Å². The topological polar surface area (TPSA) is 54.3 Å². The van der Waals surface area contributed by atoms with Crippen molar-refractivity contribution in [1.29, 1.82) is 5.26 Å². The smallest absolute Gasteiger partial charge is 0.163 e. The number of hydrogen-bond acceptors (Lipinski definition) is 4. The molecule has 0 radical (unpaired) electrons. The highest BCUT2D eigenvalue weighted by atomic mass is 16.7. The molecule has 4 nitrogen and oxygen atoms in total. The third-order valence-electron chi connectivity index (χ3n) is 4.56. The Morgan fingerprint density at radius 3 is 2.28 bits per heavy atom. The van der Waals surface area contributed by atoms with Gasteiger partial charge in [-0.15, -0.1) is 0 Å². The van der Waals surface area contributed by atoms with E-state index in [-0.39, 0.29) is 12.1 Å². The summed E-state index contributed by atoms with van der Waals surface area (Å²) in [5, 5.41) is 13.3. The molecule has 0 amide bonds. The lowest BCUT2D eigenvalue weighted by Gasteiger charge is -2.43. The third kappa shape index (κ3) is 3.91. The van der Waals surface area contributed by atoms with Crippen LogP contribution in [0, 0.1) is 11.3 Å². The van der Waals surface area contributed by atoms with E-state index in [1.165, 1.54) is 0 Å². The van der Waals surface area contributed by atoms with Crippen LogP contribution in [0.1, 0.15) is 38.0 Å². The molecule has 2 aromatic carbocycles. The number of rotatable bonds is 4. The molecule has 0 aliphatic carbocycles. The Hall–Kier alpha value is -2.19. The van der Waals surface area contributed by atoms with Crippen molar-refractivity contribution >= 4 is 0 Å². The average Bonchev–Trinajstić information content (AvgIpc) is 2.64. The first-order valence-electron chi connectivity index (χ1n) is 8.55. The largest absolute Gasteiger partial charge is 0.349 e. The van der Waals surface area contributed by atoms with Crippen molar-refractivity contribution in [3.63, 3.8) is 0 Å². The summed E-state index contributed by atoms with van der Waals surface area (Å²) >= 11 is 0. The van der Waals surface area contributed by atoms with Gasteiger partial charge in [-0.3, -0.25) is 5.32 Å². The lowest BCUT2D eigenvalue weighted by molar-refractivity contribution is -0.286. The van der Waals surface area contributed by atoms with Crippen LogP contribution in [0.15, 0.2) is 60.7 Å². The molecule has 0 unspecified atom stereocenters. The molecule has 0 saturated carbocycles. The molecule has 0 spiro atoms. The van der Waals surface area contributed by atoms with Gasteiger partial charge in [-0.25, -0.2) is 0 Å². The lowest BCUT2D eigenvalue weighted by Crippen LogP contribution is -2.55. The van der Waals surface area contributed by atoms with Gasteiger partial charge in [0.2, 0.25) is 0 Å². The highest BCUT2D eigenvalue weighted by molar-refractivity contribution is 5.31. The summed E-state index contributed by atoms with van der Waals surface area (Å²) in [6, 6.07) is 22.1. The maximum atomic E-state index is 9.83. The molecule has 1 fully saturated rings. The second-order valence-electron chi connectivity index (χ2n) is 7.01. The van der Waals surface area contributed by atoms with Crippen molar-refractivity contribution in [2.24, 2.45) is 0 Å². The summed E-state index contributed by atoms with van der Waals surface area (Å²) in [6.45, 7) is 6.19. The van der Waals surface area contributed by atoms with Crippen LogP contribution in [0.2, 0.25) is 0 Å². The van der Waals surface area contributed by atoms with Crippen LogP contribution in [0.4, 0.5) is 0 Å². The predicted molar refractivity (Wildman–Crippen MR) is 96.6 cm³/mol. The van der Waals surface area contributed by atoms with Gasteiger partial charge in [0, 0.05) is 0 Å². The fourth-order valence-corrected chi connectivity index (χ4v) is 3.18. The fraction of sp³-hybridized carbons (Fsp3) is 0.381. The Bertz CT molecular complexity index is 739. The van der Waals surface area contributed by atoms with Gasteiger partial charge in [-0.05, 0) is 31.9 Å². The Morgan fingerprint density at radius 2 is 1.68 bits per heavy atom. The lowest BCUT2D eigenvalue weighted by atomic mass is 9.90. The molecular weight excluding hydrogens is 312 g/mol. The van der Waals surface area contributed by atoms with Crippen molar-refractivity contribution in [1.82, 2.24) is 5.32 Å². The number of benzene rings is 2. The molecule has 0 aromatic heterocycles. The molecule has 130 valence electrons. The van der Waals surface area contributed by atoms with E-state index in [2.05, 4.69) is 11.4 Å². The molecule has 1 N–H and O–H groups in total. The fourth-order valence-electron chi connectivity index (χ4n) is 3.18. The predicted octanol–water partition coefficient (Wildman–Crippen LogP) is 3.91. The average molecular weight is 336 g/mol. The van der Waals surface area contributed by atoms with Gasteiger partial charge in [0.25, 0.3) is 0 Å². The van der Waals surface area contributed by atoms with E-state index in [9.17, 15) is 5.26 Å². The number of ether oxygens (including phenoxy) is 2. The zero-order valence-corrected chi connectivity index (χ0v) is 14.9. The van der Waals surface area contributed by atoms with Crippen LogP contribution in [-0.4, -0.2) is 18.4 Å². The first-order chi connectivity index (χ1) is 11.9. The van der Waals surface area contributed by atoms with Crippen LogP contribution in [0.5, 0.6) is 0 Å². The Kier molecular flexibility index (Phi) is 4.91. The molecule has 3 rings (SSSR count). The number of nitrogens with zero attached hydrogens (tertiary/aromatic N) is 1. The molecule has 1 heterocycles. The highest BCUT2D eigenvalue weighted by Crippen LogP contribution is 2.35. The Morgan fingerprint density at radius 1 is 1.08 bits per heavy atom. The van der Waals surface area contributed by atoms with Crippen LogP contribution in [0.3, 0.4) is 0 Å². The minimum atomic E-state index is -0.826. The monoisotopic (exact) mass is 336 g/mol. The Balaban J connectivity index is 1.90. The quantitative estimate of drug-likeness (QED) is 0.920. The van der Waals surface area contributed by atoms with Gasteiger partial charge >= 0.3 is 0 Å². The van der Waals surface area contributed by atoms with Crippen molar-refractivity contribution in [2.45, 2.75) is 44.2 Å². The molecule has 0 bridgehead atoms. The highest BCUT2D eigenvalue weighted by Gasteiger charge is 2.41. The zero-order valence-electron chi connectivity index (χ0n) is 14.9. The van der Waals surface area contributed by atoms with E-state index in [1.807, 2.05) is 81.4 Å². The van der Waals surface area contributed by atoms with Gasteiger partial charge in [-0.2, -0.15) is 5.26 Å². The third-order valence-corrected chi connectivity index (χ3v) is 4.56. The molecule has 1 saturated heterocycles. The molecule has 25 heavy (non-hydrogen) atoms. The summed E-state index contributed by atoms with van der Waals surface area (Å²) < 4.78 is 12.1. The van der Waals surface area contributed by atoms with Gasteiger partial charge in [0.15, 0.2) is 5.79 Å². The second kappa shape index (κ2) is 6.97. The summed E-state index contributed by atoms with van der Waals surface area (Å²) in [7, 11) is 0. The number of nitrogens with one attached hydrogen (secondary N) is 1.